The van der Waals surface area contributed by atoms with Crippen molar-refractivity contribution in [3.63, 3.8) is 0 Å². The maximum Gasteiger partial charge on any atom is 0.319 e. The fourth-order valence-electron chi connectivity index (χ4n) is 1.44. The van der Waals surface area contributed by atoms with Gasteiger partial charge in [0.25, 0.3) is 0 Å². The van der Waals surface area contributed by atoms with Crippen LogP contribution >= 0.6 is 0 Å². The lowest BCUT2D eigenvalue weighted by atomic mass is 10.3. The normalized spacial score (nSPS) is 9.78. The Morgan fingerprint density at radius 1 is 1.22 bits per heavy atom. The van der Waals surface area contributed by atoms with E-state index in [2.05, 4.69) is 15.6 Å². The summed E-state index contributed by atoms with van der Waals surface area (Å²) in [5, 5.41) is 14.6. The Labute approximate surface area is 104 Å². The highest BCUT2D eigenvalue weighted by Crippen LogP contribution is 2.14. The number of aromatic nitrogens is 1. The third-order valence-corrected chi connectivity index (χ3v) is 2.31. The van der Waals surface area contributed by atoms with E-state index in [1.54, 1.807) is 30.6 Å². The summed E-state index contributed by atoms with van der Waals surface area (Å²) >= 11 is 0. The monoisotopic (exact) mass is 243 g/mol. The first-order chi connectivity index (χ1) is 8.74. The van der Waals surface area contributed by atoms with Crippen molar-refractivity contribution < 1.29 is 9.90 Å². The molecule has 0 atom stereocenters. The second-order valence-corrected chi connectivity index (χ2v) is 3.71. The zero-order valence-electron chi connectivity index (χ0n) is 9.63. The van der Waals surface area contributed by atoms with Crippen LogP contribution in [0.15, 0.2) is 48.8 Å². The highest BCUT2D eigenvalue weighted by Gasteiger charge is 2.01. The number of hydrogen-bond acceptors (Lipinski definition) is 3. The van der Waals surface area contributed by atoms with Gasteiger partial charge in [-0.05, 0) is 29.8 Å². The molecule has 2 amide bonds. The number of carbonyl (C=O) groups excluding carboxylic acids is 1. The number of aromatic hydroxyl groups is 1. The van der Waals surface area contributed by atoms with Crippen LogP contribution in [0.1, 0.15) is 5.56 Å². The molecule has 0 spiro atoms. The fourth-order valence-corrected chi connectivity index (χ4v) is 1.44. The molecule has 1 aromatic carbocycles. The van der Waals surface area contributed by atoms with E-state index >= 15 is 0 Å². The molecule has 3 N–H and O–H groups in total. The van der Waals surface area contributed by atoms with Crippen LogP contribution in [0.25, 0.3) is 0 Å². The van der Waals surface area contributed by atoms with Gasteiger partial charge in [-0.1, -0.05) is 6.07 Å². The molecule has 18 heavy (non-hydrogen) atoms. The van der Waals surface area contributed by atoms with E-state index in [-0.39, 0.29) is 11.8 Å². The molecule has 0 saturated carbocycles. The Kier molecular flexibility index (Phi) is 3.76. The summed E-state index contributed by atoms with van der Waals surface area (Å²) in [5.41, 5.74) is 1.51. The fraction of sp³-hybridized carbons (Fsp3) is 0.0769. The number of benzene rings is 1. The first-order valence-electron chi connectivity index (χ1n) is 5.47. The number of urea groups is 1. The molecule has 0 fully saturated rings. The van der Waals surface area contributed by atoms with Crippen LogP contribution in [0.5, 0.6) is 5.75 Å². The number of rotatable bonds is 3. The zero-order chi connectivity index (χ0) is 12.8. The van der Waals surface area contributed by atoms with Gasteiger partial charge in [-0.15, -0.1) is 0 Å². The van der Waals surface area contributed by atoms with Crippen molar-refractivity contribution in [1.82, 2.24) is 10.3 Å². The van der Waals surface area contributed by atoms with E-state index in [4.69, 9.17) is 0 Å². The molecule has 5 heteroatoms. The van der Waals surface area contributed by atoms with E-state index in [1.165, 1.54) is 6.07 Å². The molecule has 0 saturated heterocycles. The Hall–Kier alpha value is -2.56. The Morgan fingerprint density at radius 3 is 2.72 bits per heavy atom. The average Bonchev–Trinajstić information content (AvgIpc) is 2.38. The molecule has 92 valence electrons. The largest absolute Gasteiger partial charge is 0.508 e. The van der Waals surface area contributed by atoms with E-state index in [0.29, 0.717) is 12.2 Å². The minimum absolute atomic E-state index is 0.113. The number of nitrogens with one attached hydrogen (secondary N) is 2. The molecular formula is C13H13N3O2. The average molecular weight is 243 g/mol. The predicted octanol–water partition coefficient (Wildman–Crippen LogP) is 2.11. The summed E-state index contributed by atoms with van der Waals surface area (Å²) < 4.78 is 0. The van der Waals surface area contributed by atoms with Crippen molar-refractivity contribution in [1.29, 1.82) is 0 Å². The van der Waals surface area contributed by atoms with Gasteiger partial charge in [0, 0.05) is 30.7 Å². The first-order valence-corrected chi connectivity index (χ1v) is 5.47. The number of pyridine rings is 1. The second kappa shape index (κ2) is 5.67. The van der Waals surface area contributed by atoms with E-state index in [0.717, 1.165) is 5.56 Å². The molecule has 2 rings (SSSR count). The Morgan fingerprint density at radius 2 is 2.00 bits per heavy atom. The van der Waals surface area contributed by atoms with Crippen molar-refractivity contribution in [2.24, 2.45) is 0 Å². The molecule has 0 aliphatic rings. The van der Waals surface area contributed by atoms with Gasteiger partial charge in [0.15, 0.2) is 0 Å². The van der Waals surface area contributed by atoms with Gasteiger partial charge >= 0.3 is 6.03 Å². The molecule has 0 unspecified atom stereocenters. The molecule has 0 aliphatic heterocycles. The van der Waals surface area contributed by atoms with Crippen LogP contribution in [-0.2, 0) is 6.54 Å². The van der Waals surface area contributed by atoms with E-state index < -0.39 is 0 Å². The van der Waals surface area contributed by atoms with E-state index in [1.807, 2.05) is 12.1 Å². The molecule has 2 aromatic rings. The minimum Gasteiger partial charge on any atom is -0.508 e. The highest BCUT2D eigenvalue weighted by atomic mass is 16.3. The number of hydrogen-bond donors (Lipinski definition) is 3. The van der Waals surface area contributed by atoms with Crippen molar-refractivity contribution in [3.05, 3.63) is 54.4 Å². The summed E-state index contributed by atoms with van der Waals surface area (Å²) in [6.07, 6.45) is 3.34. The number of anilines is 1. The second-order valence-electron chi connectivity index (χ2n) is 3.71. The summed E-state index contributed by atoms with van der Waals surface area (Å²) in [5.74, 6) is 0.113. The number of phenolic OH excluding ortho intramolecular Hbond substituents is 1. The van der Waals surface area contributed by atoms with Crippen molar-refractivity contribution in [2.45, 2.75) is 6.54 Å². The summed E-state index contributed by atoms with van der Waals surface area (Å²) in [6.45, 7) is 0.424. The summed E-state index contributed by atoms with van der Waals surface area (Å²) in [6, 6.07) is 9.71. The quantitative estimate of drug-likeness (QED) is 0.772. The van der Waals surface area contributed by atoms with E-state index in [9.17, 15) is 9.90 Å². The summed E-state index contributed by atoms with van der Waals surface area (Å²) in [4.78, 5) is 15.5. The van der Waals surface area contributed by atoms with Gasteiger partial charge in [0.1, 0.15) is 5.75 Å². The van der Waals surface area contributed by atoms with Gasteiger partial charge in [-0.2, -0.15) is 0 Å². The van der Waals surface area contributed by atoms with Crippen LogP contribution < -0.4 is 10.6 Å². The third kappa shape index (κ3) is 3.48. The predicted molar refractivity (Wildman–Crippen MR) is 68.2 cm³/mol. The number of amides is 2. The topological polar surface area (TPSA) is 74.2 Å². The molecule has 0 radical (unpaired) electrons. The highest BCUT2D eigenvalue weighted by molar-refractivity contribution is 5.89. The number of phenols is 1. The minimum atomic E-state index is -0.322. The maximum atomic E-state index is 11.6. The first kappa shape index (κ1) is 11.9. The van der Waals surface area contributed by atoms with Crippen LogP contribution in [0.4, 0.5) is 10.5 Å². The van der Waals surface area contributed by atoms with Gasteiger partial charge in [0.2, 0.25) is 0 Å². The van der Waals surface area contributed by atoms with Crippen LogP contribution in [-0.4, -0.2) is 16.1 Å². The van der Waals surface area contributed by atoms with Gasteiger partial charge in [0.05, 0.1) is 0 Å². The summed E-state index contributed by atoms with van der Waals surface area (Å²) in [7, 11) is 0. The van der Waals surface area contributed by atoms with Crippen LogP contribution in [0.3, 0.4) is 0 Å². The molecular weight excluding hydrogens is 230 g/mol. The molecule has 1 heterocycles. The Balaban J connectivity index is 1.86. The lowest BCUT2D eigenvalue weighted by molar-refractivity contribution is 0.251. The van der Waals surface area contributed by atoms with Gasteiger partial charge in [-0.3, -0.25) is 4.98 Å². The number of nitrogens with zero attached hydrogens (tertiary/aromatic N) is 1. The third-order valence-electron chi connectivity index (χ3n) is 2.31. The van der Waals surface area contributed by atoms with Gasteiger partial charge < -0.3 is 15.7 Å². The number of carbonyl (C=O) groups is 1. The molecule has 5 nitrogen and oxygen atoms in total. The SMILES string of the molecule is O=C(NCc1ccncc1)Nc1cccc(O)c1. The molecule has 0 bridgehead atoms. The van der Waals surface area contributed by atoms with Crippen molar-refractivity contribution in [3.8, 4) is 5.75 Å². The maximum absolute atomic E-state index is 11.6. The standard InChI is InChI=1S/C13H13N3O2/c17-12-3-1-2-11(8-12)16-13(18)15-9-10-4-6-14-7-5-10/h1-8,17H,9H2,(H2,15,16,18). The van der Waals surface area contributed by atoms with Crippen molar-refractivity contribution in [2.75, 3.05) is 5.32 Å². The van der Waals surface area contributed by atoms with Crippen LogP contribution in [0, 0.1) is 0 Å². The van der Waals surface area contributed by atoms with Gasteiger partial charge in [-0.25, -0.2) is 4.79 Å². The Bertz CT molecular complexity index is 529. The smallest absolute Gasteiger partial charge is 0.319 e. The van der Waals surface area contributed by atoms with Crippen LogP contribution in [0.2, 0.25) is 0 Å². The lowest BCUT2D eigenvalue weighted by Gasteiger charge is -2.07. The molecule has 0 aliphatic carbocycles. The zero-order valence-corrected chi connectivity index (χ0v) is 9.63. The molecule has 1 aromatic heterocycles. The van der Waals surface area contributed by atoms with Crippen molar-refractivity contribution >= 4 is 11.7 Å². The lowest BCUT2D eigenvalue weighted by Crippen LogP contribution is -2.28.